The maximum Gasteiger partial charge on any atom is 0.186 e. The number of Topliss-reactive ketones (excluding diaryl/α,β-unsaturated/α-hetero) is 1. The fourth-order valence-electron chi connectivity index (χ4n) is 4.92. The predicted molar refractivity (Wildman–Crippen MR) is 134 cm³/mol. The van der Waals surface area contributed by atoms with E-state index in [4.69, 9.17) is 16.3 Å². The zero-order valence-electron chi connectivity index (χ0n) is 19.2. The average molecular weight is 471 g/mol. The minimum absolute atomic E-state index is 0.0458. The highest BCUT2D eigenvalue weighted by Gasteiger charge is 2.52. The van der Waals surface area contributed by atoms with Gasteiger partial charge in [-0.2, -0.15) is 0 Å². The number of halogens is 1. The van der Waals surface area contributed by atoms with E-state index in [-0.39, 0.29) is 5.78 Å². The number of carbonyl (C=O) groups excluding carboxylic acids is 1. The number of likely N-dealkylation sites (tertiary alicyclic amines) is 1. The Bertz CT molecular complexity index is 1240. The fraction of sp³-hybridized carbons (Fsp3) is 0.310. The van der Waals surface area contributed by atoms with Crippen molar-refractivity contribution < 1.29 is 9.53 Å². The lowest BCUT2D eigenvalue weighted by atomic mass is 9.74. The monoisotopic (exact) mass is 470 g/mol. The average Bonchev–Trinajstić information content (AvgIpc) is 2.86. The molecule has 2 atom stereocenters. The number of carbonyl (C=O) groups is 1. The van der Waals surface area contributed by atoms with Gasteiger partial charge in [0, 0.05) is 23.3 Å². The first-order valence-electron chi connectivity index (χ1n) is 11.8. The number of fused-ring (bicyclic) bond motifs is 1. The van der Waals surface area contributed by atoms with Crippen molar-refractivity contribution in [3.8, 4) is 17.6 Å². The maximum absolute atomic E-state index is 14.0. The zero-order valence-corrected chi connectivity index (χ0v) is 20.0. The van der Waals surface area contributed by atoms with E-state index in [0.29, 0.717) is 34.5 Å². The van der Waals surface area contributed by atoms with Gasteiger partial charge in [-0.3, -0.25) is 9.69 Å². The first-order valence-corrected chi connectivity index (χ1v) is 12.2. The number of hydrogen-bond acceptors (Lipinski definition) is 4. The van der Waals surface area contributed by atoms with Gasteiger partial charge in [-0.25, -0.2) is 4.98 Å². The van der Waals surface area contributed by atoms with E-state index in [1.54, 1.807) is 6.20 Å². The number of rotatable bonds is 3. The lowest BCUT2D eigenvalue weighted by molar-refractivity contribution is -0.0191. The predicted octanol–water partition coefficient (Wildman–Crippen LogP) is 5.61. The molecule has 2 aliphatic rings. The van der Waals surface area contributed by atoms with Gasteiger partial charge >= 0.3 is 0 Å². The first kappa shape index (κ1) is 22.7. The van der Waals surface area contributed by atoms with Crippen LogP contribution in [0.15, 0.2) is 72.9 Å². The molecular formula is C29H27ClN2O2. The number of nitrogens with zero attached hydrogens (tertiary/aromatic N) is 2. The Morgan fingerprint density at radius 1 is 1.06 bits per heavy atom. The second-order valence-electron chi connectivity index (χ2n) is 9.21. The van der Waals surface area contributed by atoms with Crippen molar-refractivity contribution >= 4 is 17.4 Å². The SMILES string of the molecule is CC1CCN(CC2(c3ccccc3Cl)Oc3ccccc3C(=O)C2C#Cc2ccccn2)CC1. The van der Waals surface area contributed by atoms with Crippen LogP contribution in [0.4, 0.5) is 0 Å². The molecule has 0 saturated carbocycles. The Labute approximate surface area is 205 Å². The molecule has 0 amide bonds. The number of aromatic nitrogens is 1. The summed E-state index contributed by atoms with van der Waals surface area (Å²) < 4.78 is 6.82. The van der Waals surface area contributed by atoms with Crippen molar-refractivity contribution in [2.45, 2.75) is 25.4 Å². The van der Waals surface area contributed by atoms with Crippen LogP contribution in [0.25, 0.3) is 0 Å². The van der Waals surface area contributed by atoms with Crippen LogP contribution in [-0.4, -0.2) is 35.3 Å². The van der Waals surface area contributed by atoms with E-state index in [2.05, 4.69) is 28.6 Å². The van der Waals surface area contributed by atoms with Gasteiger partial charge in [-0.1, -0.05) is 60.8 Å². The van der Waals surface area contributed by atoms with Gasteiger partial charge in [0.2, 0.25) is 0 Å². The van der Waals surface area contributed by atoms with Crippen LogP contribution in [0.3, 0.4) is 0 Å². The molecule has 5 rings (SSSR count). The van der Waals surface area contributed by atoms with E-state index in [1.165, 1.54) is 0 Å². The van der Waals surface area contributed by atoms with Crippen molar-refractivity contribution in [2.75, 3.05) is 19.6 Å². The lowest BCUT2D eigenvalue weighted by Gasteiger charge is -2.46. The highest BCUT2D eigenvalue weighted by Crippen LogP contribution is 2.46. The molecule has 0 N–H and O–H groups in total. The van der Waals surface area contributed by atoms with Crippen LogP contribution < -0.4 is 4.74 Å². The van der Waals surface area contributed by atoms with Crippen LogP contribution in [0, 0.1) is 23.7 Å². The lowest BCUT2D eigenvalue weighted by Crippen LogP contribution is -2.55. The van der Waals surface area contributed by atoms with Gasteiger partial charge in [-0.05, 0) is 68.1 Å². The van der Waals surface area contributed by atoms with Crippen molar-refractivity contribution in [1.29, 1.82) is 0 Å². The molecule has 0 radical (unpaired) electrons. The Morgan fingerprint density at radius 3 is 2.56 bits per heavy atom. The fourth-order valence-corrected chi connectivity index (χ4v) is 5.22. The number of benzene rings is 2. The largest absolute Gasteiger partial charge is 0.479 e. The molecule has 1 fully saturated rings. The molecule has 172 valence electrons. The van der Waals surface area contributed by atoms with Crippen LogP contribution in [-0.2, 0) is 5.60 Å². The quantitative estimate of drug-likeness (QED) is 0.467. The summed E-state index contributed by atoms with van der Waals surface area (Å²) in [7, 11) is 0. The number of piperidine rings is 1. The van der Waals surface area contributed by atoms with E-state index >= 15 is 0 Å². The second-order valence-corrected chi connectivity index (χ2v) is 9.62. The summed E-state index contributed by atoms with van der Waals surface area (Å²) in [6.07, 6.45) is 3.94. The van der Waals surface area contributed by atoms with E-state index < -0.39 is 11.5 Å². The van der Waals surface area contributed by atoms with Crippen LogP contribution in [0.2, 0.25) is 5.02 Å². The number of para-hydroxylation sites is 1. The molecular weight excluding hydrogens is 444 g/mol. The maximum atomic E-state index is 14.0. The summed E-state index contributed by atoms with van der Waals surface area (Å²) in [6, 6.07) is 20.7. The molecule has 0 spiro atoms. The summed E-state index contributed by atoms with van der Waals surface area (Å²) in [5, 5.41) is 0.574. The van der Waals surface area contributed by atoms with Gasteiger partial charge in [0.1, 0.15) is 17.4 Å². The van der Waals surface area contributed by atoms with E-state index in [9.17, 15) is 4.79 Å². The third-order valence-electron chi connectivity index (χ3n) is 6.85. The smallest absolute Gasteiger partial charge is 0.186 e. The van der Waals surface area contributed by atoms with Crippen molar-refractivity contribution in [2.24, 2.45) is 11.8 Å². The Hall–Kier alpha value is -3.13. The van der Waals surface area contributed by atoms with Gasteiger partial charge in [-0.15, -0.1) is 0 Å². The molecule has 4 nitrogen and oxygen atoms in total. The van der Waals surface area contributed by atoms with Gasteiger partial charge in [0.05, 0.1) is 5.56 Å². The van der Waals surface area contributed by atoms with Gasteiger partial charge in [0.15, 0.2) is 11.4 Å². The Balaban J connectivity index is 1.67. The summed E-state index contributed by atoms with van der Waals surface area (Å²) in [6.45, 7) is 4.73. The molecule has 3 heterocycles. The molecule has 1 saturated heterocycles. The topological polar surface area (TPSA) is 42.4 Å². The molecule has 3 aromatic rings. The summed E-state index contributed by atoms with van der Waals surface area (Å²) in [4.78, 5) is 20.7. The number of hydrogen-bond donors (Lipinski definition) is 0. The van der Waals surface area contributed by atoms with Crippen molar-refractivity contribution in [1.82, 2.24) is 9.88 Å². The van der Waals surface area contributed by atoms with Crippen LogP contribution >= 0.6 is 11.6 Å². The van der Waals surface area contributed by atoms with Crippen molar-refractivity contribution in [3.63, 3.8) is 0 Å². The van der Waals surface area contributed by atoms with E-state index in [0.717, 1.165) is 31.5 Å². The highest BCUT2D eigenvalue weighted by atomic mass is 35.5. The van der Waals surface area contributed by atoms with Crippen molar-refractivity contribution in [3.05, 3.63) is 94.8 Å². The normalized spacial score (nSPS) is 22.9. The molecule has 2 aromatic carbocycles. The van der Waals surface area contributed by atoms with Crippen LogP contribution in [0.5, 0.6) is 5.75 Å². The second kappa shape index (κ2) is 9.62. The van der Waals surface area contributed by atoms with Gasteiger partial charge < -0.3 is 4.74 Å². The van der Waals surface area contributed by atoms with E-state index in [1.807, 2.05) is 66.7 Å². The molecule has 2 unspecified atom stereocenters. The molecule has 0 aliphatic carbocycles. The number of pyridine rings is 1. The molecule has 0 bridgehead atoms. The minimum atomic E-state index is -1.04. The molecule has 1 aromatic heterocycles. The Kier molecular flexibility index (Phi) is 6.41. The van der Waals surface area contributed by atoms with Gasteiger partial charge in [0.25, 0.3) is 0 Å². The molecule has 34 heavy (non-hydrogen) atoms. The Morgan fingerprint density at radius 2 is 1.79 bits per heavy atom. The zero-order chi connectivity index (χ0) is 23.5. The highest BCUT2D eigenvalue weighted by molar-refractivity contribution is 6.31. The summed E-state index contributed by atoms with van der Waals surface area (Å²) >= 11 is 6.77. The molecule has 2 aliphatic heterocycles. The molecule has 5 heteroatoms. The van der Waals surface area contributed by atoms with Crippen LogP contribution in [0.1, 0.15) is 41.4 Å². The minimum Gasteiger partial charge on any atom is -0.479 e. The summed E-state index contributed by atoms with van der Waals surface area (Å²) in [5.74, 6) is 6.91. The number of ether oxygens (including phenoxy) is 1. The number of ketones is 1. The third kappa shape index (κ3) is 4.34. The first-order chi connectivity index (χ1) is 16.6. The third-order valence-corrected chi connectivity index (χ3v) is 7.18. The standard InChI is InChI=1S/C29H27ClN2O2/c1-21-15-18-32(19-16-21)20-29(24-10-3-4-11-26(24)30)25(14-13-22-8-6-7-17-31-22)28(33)23-9-2-5-12-27(23)34-29/h2-12,17,21,25H,15-16,18-20H2,1H3. The summed E-state index contributed by atoms with van der Waals surface area (Å²) in [5.41, 5.74) is 0.928.